The van der Waals surface area contributed by atoms with Crippen LogP contribution in [0.5, 0.6) is 5.75 Å². The van der Waals surface area contributed by atoms with E-state index in [4.69, 9.17) is 4.74 Å². The van der Waals surface area contributed by atoms with E-state index in [0.29, 0.717) is 12.3 Å². The van der Waals surface area contributed by atoms with Gasteiger partial charge in [-0.05, 0) is 45.4 Å². The van der Waals surface area contributed by atoms with Crippen molar-refractivity contribution in [2.24, 2.45) is 0 Å². The molecule has 0 spiro atoms. The lowest BCUT2D eigenvalue weighted by Crippen LogP contribution is -2.24. The van der Waals surface area contributed by atoms with Crippen LogP contribution in [0.1, 0.15) is 39.3 Å². The summed E-state index contributed by atoms with van der Waals surface area (Å²) in [5.74, 6) is 1.13. The van der Waals surface area contributed by atoms with E-state index in [1.807, 2.05) is 42.7 Å². The summed E-state index contributed by atoms with van der Waals surface area (Å²) in [4.78, 5) is 12.0. The Morgan fingerprint density at radius 1 is 1.25 bits per heavy atom. The smallest absolute Gasteiger partial charge is 0.230 e. The predicted octanol–water partition coefficient (Wildman–Crippen LogP) is 3.05. The van der Waals surface area contributed by atoms with Gasteiger partial charge in [-0.2, -0.15) is 0 Å². The molecule has 0 aliphatic carbocycles. The normalized spacial score (nSPS) is 11.1. The third kappa shape index (κ3) is 5.56. The average molecular weight is 348 g/mol. The highest BCUT2D eigenvalue weighted by Crippen LogP contribution is 2.18. The third-order valence-electron chi connectivity index (χ3n) is 3.21. The lowest BCUT2D eigenvalue weighted by atomic mass is 10.2. The fourth-order valence-electron chi connectivity index (χ4n) is 2.03. The number of hydrogen-bond acceptors (Lipinski definition) is 5. The first kappa shape index (κ1) is 18.3. The zero-order valence-electron chi connectivity index (χ0n) is 14.5. The molecule has 7 heteroatoms. The van der Waals surface area contributed by atoms with Crippen LogP contribution in [-0.2, 0) is 11.3 Å². The molecule has 6 nitrogen and oxygen atoms in total. The van der Waals surface area contributed by atoms with E-state index in [-0.39, 0.29) is 18.1 Å². The third-order valence-corrected chi connectivity index (χ3v) is 4.17. The summed E-state index contributed by atoms with van der Waals surface area (Å²) in [7, 11) is 0. The van der Waals surface area contributed by atoms with Crippen molar-refractivity contribution < 1.29 is 9.53 Å². The van der Waals surface area contributed by atoms with Crippen LogP contribution in [0.15, 0.2) is 35.7 Å². The number of hydrogen-bond donors (Lipinski definition) is 1. The Kier molecular flexibility index (Phi) is 6.66. The molecule has 0 aliphatic heterocycles. The molecule has 0 saturated heterocycles. The number of carbonyl (C=O) groups is 1. The first-order valence-corrected chi connectivity index (χ1v) is 8.99. The lowest BCUT2D eigenvalue weighted by Gasteiger charge is -2.11. The van der Waals surface area contributed by atoms with Crippen molar-refractivity contribution in [3.8, 4) is 5.75 Å². The first-order chi connectivity index (χ1) is 11.5. The molecule has 0 bridgehead atoms. The van der Waals surface area contributed by atoms with Gasteiger partial charge in [0.25, 0.3) is 0 Å². The zero-order valence-corrected chi connectivity index (χ0v) is 15.3. The summed E-state index contributed by atoms with van der Waals surface area (Å²) in [6, 6.07) is 8.03. The van der Waals surface area contributed by atoms with Gasteiger partial charge < -0.3 is 14.6 Å². The largest absolute Gasteiger partial charge is 0.491 e. The highest BCUT2D eigenvalue weighted by Gasteiger charge is 2.10. The quantitative estimate of drug-likeness (QED) is 0.743. The van der Waals surface area contributed by atoms with Crippen LogP contribution in [0.25, 0.3) is 0 Å². The van der Waals surface area contributed by atoms with Crippen LogP contribution < -0.4 is 10.1 Å². The first-order valence-electron chi connectivity index (χ1n) is 8.00. The number of ether oxygens (including phenoxy) is 1. The molecule has 1 heterocycles. The molecule has 0 radical (unpaired) electrons. The van der Waals surface area contributed by atoms with Gasteiger partial charge in [0.2, 0.25) is 5.91 Å². The van der Waals surface area contributed by atoms with Crippen molar-refractivity contribution in [3.05, 3.63) is 36.2 Å². The van der Waals surface area contributed by atoms with Crippen molar-refractivity contribution >= 4 is 17.7 Å². The summed E-state index contributed by atoms with van der Waals surface area (Å²) in [6.07, 6.45) is 1.84. The molecule has 24 heavy (non-hydrogen) atoms. The van der Waals surface area contributed by atoms with Crippen LogP contribution >= 0.6 is 11.8 Å². The molecule has 2 aromatic rings. The predicted molar refractivity (Wildman–Crippen MR) is 95.2 cm³/mol. The van der Waals surface area contributed by atoms with E-state index < -0.39 is 0 Å². The molecule has 0 saturated carbocycles. The molecule has 0 atom stereocenters. The van der Waals surface area contributed by atoms with E-state index in [9.17, 15) is 4.79 Å². The highest BCUT2D eigenvalue weighted by molar-refractivity contribution is 7.99. The Bertz CT molecular complexity index is 653. The molecule has 0 fully saturated rings. The molecule has 1 aromatic heterocycles. The molecule has 130 valence electrons. The monoisotopic (exact) mass is 348 g/mol. The summed E-state index contributed by atoms with van der Waals surface area (Å²) in [5.41, 5.74) is 1.04. The molecule has 1 N–H and O–H groups in total. The molecular weight excluding hydrogens is 324 g/mol. The zero-order chi connectivity index (χ0) is 17.5. The van der Waals surface area contributed by atoms with Crippen molar-refractivity contribution in [2.75, 3.05) is 5.75 Å². The van der Waals surface area contributed by atoms with Gasteiger partial charge in [0.05, 0.1) is 11.9 Å². The maximum Gasteiger partial charge on any atom is 0.230 e. The van der Waals surface area contributed by atoms with E-state index in [1.165, 1.54) is 11.8 Å². The van der Waals surface area contributed by atoms with Gasteiger partial charge in [0.1, 0.15) is 12.1 Å². The summed E-state index contributed by atoms with van der Waals surface area (Å²) in [6.45, 7) is 8.59. The average Bonchev–Trinajstić information content (AvgIpc) is 3.00. The Morgan fingerprint density at radius 2 is 1.96 bits per heavy atom. The van der Waals surface area contributed by atoms with Crippen LogP contribution in [0, 0.1) is 0 Å². The van der Waals surface area contributed by atoms with Crippen LogP contribution in [0.3, 0.4) is 0 Å². The lowest BCUT2D eigenvalue weighted by molar-refractivity contribution is -0.118. The van der Waals surface area contributed by atoms with Gasteiger partial charge >= 0.3 is 0 Å². The minimum Gasteiger partial charge on any atom is -0.491 e. The molecule has 1 amide bonds. The Hall–Kier alpha value is -2.02. The number of aromatic nitrogens is 3. The number of nitrogens with one attached hydrogen (secondary N) is 1. The van der Waals surface area contributed by atoms with E-state index in [1.54, 1.807) is 6.33 Å². The van der Waals surface area contributed by atoms with Crippen molar-refractivity contribution in [3.63, 3.8) is 0 Å². The SMILES string of the molecule is CC(C)Oc1ccc(CNC(=O)CSc2nncn2C(C)C)cc1. The van der Waals surface area contributed by atoms with Crippen molar-refractivity contribution in [1.29, 1.82) is 0 Å². The number of benzene rings is 1. The molecule has 1 aromatic carbocycles. The second-order valence-corrected chi connectivity index (χ2v) is 6.93. The van der Waals surface area contributed by atoms with Gasteiger partial charge in [-0.3, -0.25) is 4.79 Å². The number of carbonyl (C=O) groups excluding carboxylic acids is 1. The standard InChI is InChI=1S/C17H24N4O2S/c1-12(2)21-11-19-20-17(21)24-10-16(22)18-9-14-5-7-15(8-6-14)23-13(3)4/h5-8,11-13H,9-10H2,1-4H3,(H,18,22). The van der Waals surface area contributed by atoms with Crippen molar-refractivity contribution in [2.45, 2.75) is 51.5 Å². The second kappa shape index (κ2) is 8.73. The fraction of sp³-hybridized carbons (Fsp3) is 0.471. The van der Waals surface area contributed by atoms with E-state index >= 15 is 0 Å². The number of nitrogens with zero attached hydrogens (tertiary/aromatic N) is 3. The van der Waals surface area contributed by atoms with Gasteiger partial charge in [0.15, 0.2) is 5.16 Å². The summed E-state index contributed by atoms with van der Waals surface area (Å²) >= 11 is 1.39. The Labute approximate surface area is 147 Å². The minimum atomic E-state index is -0.0270. The van der Waals surface area contributed by atoms with Gasteiger partial charge in [-0.25, -0.2) is 0 Å². The molecular formula is C17H24N4O2S. The van der Waals surface area contributed by atoms with Crippen LogP contribution in [-0.4, -0.2) is 32.5 Å². The molecule has 0 aliphatic rings. The number of amides is 1. The number of rotatable bonds is 8. The molecule has 0 unspecified atom stereocenters. The minimum absolute atomic E-state index is 0.0270. The van der Waals surface area contributed by atoms with E-state index in [2.05, 4.69) is 29.4 Å². The van der Waals surface area contributed by atoms with E-state index in [0.717, 1.165) is 16.5 Å². The second-order valence-electron chi connectivity index (χ2n) is 5.99. The van der Waals surface area contributed by atoms with Crippen LogP contribution in [0.2, 0.25) is 0 Å². The highest BCUT2D eigenvalue weighted by atomic mass is 32.2. The van der Waals surface area contributed by atoms with Gasteiger partial charge in [-0.1, -0.05) is 23.9 Å². The number of thioether (sulfide) groups is 1. The Balaban J connectivity index is 1.77. The topological polar surface area (TPSA) is 69.0 Å². The fourth-order valence-corrected chi connectivity index (χ4v) is 2.90. The molecule has 2 rings (SSSR count). The summed E-state index contributed by atoms with van der Waals surface area (Å²) in [5, 5.41) is 11.6. The van der Waals surface area contributed by atoms with Gasteiger partial charge in [-0.15, -0.1) is 10.2 Å². The summed E-state index contributed by atoms with van der Waals surface area (Å²) < 4.78 is 7.55. The van der Waals surface area contributed by atoms with Gasteiger partial charge in [0, 0.05) is 12.6 Å². The maximum atomic E-state index is 12.0. The maximum absolute atomic E-state index is 12.0. The van der Waals surface area contributed by atoms with Crippen LogP contribution in [0.4, 0.5) is 0 Å². The van der Waals surface area contributed by atoms with Crippen molar-refractivity contribution in [1.82, 2.24) is 20.1 Å². The Morgan fingerprint density at radius 3 is 2.58 bits per heavy atom.